The molecule has 0 aromatic heterocycles. The summed E-state index contributed by atoms with van der Waals surface area (Å²) in [5, 5.41) is 0. The number of carbonyl (C=O) groups excluding carboxylic acids is 3. The van der Waals surface area contributed by atoms with Crippen molar-refractivity contribution in [2.24, 2.45) is 5.92 Å². The molecule has 2 atom stereocenters. The third-order valence-corrected chi connectivity index (χ3v) is 15.2. The van der Waals surface area contributed by atoms with Gasteiger partial charge < -0.3 is 14.2 Å². The minimum absolute atomic E-state index is 0.0612. The molecule has 0 amide bonds. The molecule has 0 aromatic rings. The molecule has 0 bridgehead atoms. The molecule has 0 aliphatic heterocycles. The molecule has 6 heteroatoms. The second-order valence-corrected chi connectivity index (χ2v) is 22.3. The molecule has 0 saturated carbocycles. The number of unbranched alkanes of at least 4 members (excludes halogenated alkanes) is 45. The van der Waals surface area contributed by atoms with Crippen molar-refractivity contribution in [2.45, 2.75) is 374 Å². The van der Waals surface area contributed by atoms with Gasteiger partial charge >= 0.3 is 17.9 Å². The van der Waals surface area contributed by atoms with Crippen LogP contribution in [0, 0.1) is 5.92 Å². The van der Waals surface area contributed by atoms with Gasteiger partial charge in [0.15, 0.2) is 6.10 Å². The van der Waals surface area contributed by atoms with Gasteiger partial charge in [-0.25, -0.2) is 0 Å². The van der Waals surface area contributed by atoms with Crippen molar-refractivity contribution in [1.82, 2.24) is 0 Å². The summed E-state index contributed by atoms with van der Waals surface area (Å²) in [5.41, 5.74) is 0. The standard InChI is InChI=1S/C64H124O6/c1-5-8-10-12-14-16-18-20-21-22-26-29-32-36-40-44-48-52-56-63(66)69-59-61(58-68-62(65)55-51-47-43-39-35-19-17-15-13-11-9-6-2)70-64(67)57-53-49-45-41-37-33-30-27-24-23-25-28-31-34-38-42-46-50-54-60(4)7-3/h60-61H,5-59H2,1-4H3/t60?,61-/m1/s1. The quantitative estimate of drug-likeness (QED) is 0.0343. The minimum atomic E-state index is -0.762. The van der Waals surface area contributed by atoms with Crippen molar-refractivity contribution in [3.05, 3.63) is 0 Å². The summed E-state index contributed by atoms with van der Waals surface area (Å²) in [6.07, 6.45) is 65.3. The number of carbonyl (C=O) groups is 3. The van der Waals surface area contributed by atoms with Gasteiger partial charge in [0, 0.05) is 19.3 Å². The fraction of sp³-hybridized carbons (Fsp3) is 0.953. The molecular weight excluding hydrogens is 865 g/mol. The van der Waals surface area contributed by atoms with Crippen LogP contribution in [-0.2, 0) is 28.6 Å². The molecule has 0 rings (SSSR count). The molecule has 0 fully saturated rings. The van der Waals surface area contributed by atoms with Crippen LogP contribution in [-0.4, -0.2) is 37.2 Å². The monoisotopic (exact) mass is 989 g/mol. The predicted molar refractivity (Wildman–Crippen MR) is 303 cm³/mol. The van der Waals surface area contributed by atoms with Gasteiger partial charge in [-0.2, -0.15) is 0 Å². The lowest BCUT2D eigenvalue weighted by molar-refractivity contribution is -0.167. The summed E-state index contributed by atoms with van der Waals surface area (Å²) in [5.74, 6) is 0.0804. The predicted octanol–water partition coefficient (Wildman–Crippen LogP) is 21.4. The maximum Gasteiger partial charge on any atom is 0.306 e. The average molecular weight is 990 g/mol. The Labute approximate surface area is 438 Å². The second-order valence-electron chi connectivity index (χ2n) is 22.3. The highest BCUT2D eigenvalue weighted by Crippen LogP contribution is 2.19. The molecule has 0 radical (unpaired) electrons. The molecule has 0 saturated heterocycles. The Morgan fingerprint density at radius 3 is 0.743 bits per heavy atom. The molecular formula is C64H124O6. The fourth-order valence-corrected chi connectivity index (χ4v) is 9.95. The first kappa shape index (κ1) is 68.4. The van der Waals surface area contributed by atoms with E-state index >= 15 is 0 Å². The van der Waals surface area contributed by atoms with Crippen molar-refractivity contribution >= 4 is 17.9 Å². The number of ether oxygens (including phenoxy) is 3. The molecule has 0 heterocycles. The van der Waals surface area contributed by atoms with Crippen LogP contribution in [0.15, 0.2) is 0 Å². The van der Waals surface area contributed by atoms with E-state index in [9.17, 15) is 14.4 Å². The molecule has 0 aliphatic rings. The van der Waals surface area contributed by atoms with Gasteiger partial charge in [-0.3, -0.25) is 14.4 Å². The lowest BCUT2D eigenvalue weighted by Gasteiger charge is -2.18. The molecule has 1 unspecified atom stereocenters. The van der Waals surface area contributed by atoms with Gasteiger partial charge in [0.25, 0.3) is 0 Å². The summed E-state index contributed by atoms with van der Waals surface area (Å²) in [7, 11) is 0. The van der Waals surface area contributed by atoms with E-state index in [4.69, 9.17) is 14.2 Å². The number of esters is 3. The fourth-order valence-electron chi connectivity index (χ4n) is 9.95. The Morgan fingerprint density at radius 2 is 0.500 bits per heavy atom. The van der Waals surface area contributed by atoms with E-state index in [-0.39, 0.29) is 31.1 Å². The Kier molecular flexibility index (Phi) is 57.0. The number of rotatable bonds is 59. The number of hydrogen-bond donors (Lipinski definition) is 0. The van der Waals surface area contributed by atoms with E-state index in [2.05, 4.69) is 27.7 Å². The van der Waals surface area contributed by atoms with Crippen LogP contribution in [0.1, 0.15) is 368 Å². The largest absolute Gasteiger partial charge is 0.462 e. The van der Waals surface area contributed by atoms with Gasteiger partial charge in [0.05, 0.1) is 0 Å². The van der Waals surface area contributed by atoms with Gasteiger partial charge in [-0.1, -0.05) is 329 Å². The van der Waals surface area contributed by atoms with Crippen LogP contribution < -0.4 is 0 Å². The van der Waals surface area contributed by atoms with E-state index in [1.165, 1.54) is 263 Å². The van der Waals surface area contributed by atoms with Crippen LogP contribution in [0.4, 0.5) is 0 Å². The normalized spacial score (nSPS) is 12.3. The first-order valence-electron chi connectivity index (χ1n) is 31.9. The summed E-state index contributed by atoms with van der Waals surface area (Å²) < 4.78 is 16.9. The first-order chi connectivity index (χ1) is 34.4. The molecule has 0 spiro atoms. The summed E-state index contributed by atoms with van der Waals surface area (Å²) in [6, 6.07) is 0. The second kappa shape index (κ2) is 58.3. The average Bonchev–Trinajstić information content (AvgIpc) is 3.36. The zero-order valence-corrected chi connectivity index (χ0v) is 48.0. The maximum atomic E-state index is 12.9. The van der Waals surface area contributed by atoms with Crippen LogP contribution in [0.5, 0.6) is 0 Å². The van der Waals surface area contributed by atoms with Crippen LogP contribution in [0.25, 0.3) is 0 Å². The van der Waals surface area contributed by atoms with E-state index < -0.39 is 6.10 Å². The summed E-state index contributed by atoms with van der Waals surface area (Å²) in [4.78, 5) is 38.2. The van der Waals surface area contributed by atoms with Crippen molar-refractivity contribution in [3.8, 4) is 0 Å². The van der Waals surface area contributed by atoms with Gasteiger partial charge in [-0.15, -0.1) is 0 Å². The van der Waals surface area contributed by atoms with E-state index in [1.807, 2.05) is 0 Å². The third kappa shape index (κ3) is 55.7. The highest BCUT2D eigenvalue weighted by molar-refractivity contribution is 5.71. The smallest absolute Gasteiger partial charge is 0.306 e. The zero-order chi connectivity index (χ0) is 50.9. The first-order valence-corrected chi connectivity index (χ1v) is 31.9. The Balaban J connectivity index is 4.23. The highest BCUT2D eigenvalue weighted by Gasteiger charge is 2.19. The summed E-state index contributed by atoms with van der Waals surface area (Å²) >= 11 is 0. The molecule has 416 valence electrons. The van der Waals surface area contributed by atoms with Gasteiger partial charge in [0.1, 0.15) is 13.2 Å². The van der Waals surface area contributed by atoms with E-state index in [1.54, 1.807) is 0 Å². The zero-order valence-electron chi connectivity index (χ0n) is 48.0. The van der Waals surface area contributed by atoms with E-state index in [0.717, 1.165) is 63.7 Å². The third-order valence-electron chi connectivity index (χ3n) is 15.2. The van der Waals surface area contributed by atoms with Crippen molar-refractivity contribution in [3.63, 3.8) is 0 Å². The minimum Gasteiger partial charge on any atom is -0.462 e. The topological polar surface area (TPSA) is 78.9 Å². The SMILES string of the molecule is CCCCCCCCCCCCCCCCCCCCC(=O)OC[C@@H](COC(=O)CCCCCCCCCCCCCC)OC(=O)CCCCCCCCCCCCCCCCCCCCC(C)CC. The summed E-state index contributed by atoms with van der Waals surface area (Å²) in [6.45, 7) is 9.12. The lowest BCUT2D eigenvalue weighted by atomic mass is 9.99. The molecule has 70 heavy (non-hydrogen) atoms. The molecule has 6 nitrogen and oxygen atoms in total. The lowest BCUT2D eigenvalue weighted by Crippen LogP contribution is -2.30. The van der Waals surface area contributed by atoms with Crippen LogP contribution in [0.2, 0.25) is 0 Å². The Bertz CT molecular complexity index is 1060. The Morgan fingerprint density at radius 1 is 0.286 bits per heavy atom. The van der Waals surface area contributed by atoms with Crippen molar-refractivity contribution in [2.75, 3.05) is 13.2 Å². The van der Waals surface area contributed by atoms with Crippen LogP contribution >= 0.6 is 0 Å². The van der Waals surface area contributed by atoms with Gasteiger partial charge in [-0.05, 0) is 25.2 Å². The molecule has 0 aliphatic carbocycles. The Hall–Kier alpha value is -1.59. The highest BCUT2D eigenvalue weighted by atomic mass is 16.6. The van der Waals surface area contributed by atoms with Crippen molar-refractivity contribution < 1.29 is 28.6 Å². The molecule has 0 aromatic carbocycles. The van der Waals surface area contributed by atoms with Gasteiger partial charge in [0.2, 0.25) is 0 Å². The van der Waals surface area contributed by atoms with E-state index in [0.29, 0.717) is 19.3 Å². The molecule has 0 N–H and O–H groups in total. The van der Waals surface area contributed by atoms with Crippen LogP contribution in [0.3, 0.4) is 0 Å². The number of hydrogen-bond acceptors (Lipinski definition) is 6. The van der Waals surface area contributed by atoms with Crippen molar-refractivity contribution in [1.29, 1.82) is 0 Å². The maximum absolute atomic E-state index is 12.9.